The minimum atomic E-state index is -0.00345. The minimum absolute atomic E-state index is 0.00345. The van der Waals surface area contributed by atoms with Crippen LogP contribution >= 0.6 is 0 Å². The molecule has 1 N–H and O–H groups in total. The quantitative estimate of drug-likeness (QED) is 0.913. The molecule has 1 aliphatic carbocycles. The lowest BCUT2D eigenvalue weighted by Crippen LogP contribution is -2.47. The van der Waals surface area contributed by atoms with Crippen LogP contribution in [0.1, 0.15) is 28.9 Å². The Morgan fingerprint density at radius 2 is 2.09 bits per heavy atom. The molecule has 2 fully saturated rings. The van der Waals surface area contributed by atoms with Crippen molar-refractivity contribution in [3.05, 3.63) is 23.5 Å². The van der Waals surface area contributed by atoms with Crippen LogP contribution in [0.4, 0.5) is 0 Å². The van der Waals surface area contributed by atoms with Crippen molar-refractivity contribution < 1.29 is 9.53 Å². The summed E-state index contributed by atoms with van der Waals surface area (Å²) >= 11 is 0. The second-order valence-corrected chi connectivity index (χ2v) is 6.92. The van der Waals surface area contributed by atoms with Gasteiger partial charge in [-0.15, -0.1) is 0 Å². The van der Waals surface area contributed by atoms with Crippen molar-refractivity contribution in [1.82, 2.24) is 14.8 Å². The molecule has 6 heteroatoms. The number of likely N-dealkylation sites (tertiary alicyclic amines) is 1. The highest BCUT2D eigenvalue weighted by Crippen LogP contribution is 2.39. The lowest BCUT2D eigenvalue weighted by molar-refractivity contribution is -0.0209. The fraction of sp³-hybridized carbons (Fsp3) is 0.647. The molecule has 6 nitrogen and oxygen atoms in total. The SMILES string of the molecule is CO[C@@H]1C[C@H]2CN(C(=O)c3cc(C#N)c[nH]3)C[C@H]2C[C@H]1N(C)C. The first-order chi connectivity index (χ1) is 11.0. The van der Waals surface area contributed by atoms with Gasteiger partial charge < -0.3 is 19.5 Å². The predicted octanol–water partition coefficient (Wildman–Crippen LogP) is 1.31. The standard InChI is InChI=1S/C17H24N4O2/c1-20(2)15-5-12-9-21(10-13(12)6-16(15)23-3)17(22)14-4-11(7-18)8-19-14/h4,8,12-13,15-16,19H,5-6,9-10H2,1-3H3/t12-,13+,15-,16-/m1/s1. The zero-order chi connectivity index (χ0) is 16.6. The van der Waals surface area contributed by atoms with Crippen LogP contribution in [0.2, 0.25) is 0 Å². The highest BCUT2D eigenvalue weighted by molar-refractivity contribution is 5.93. The topological polar surface area (TPSA) is 72.4 Å². The van der Waals surface area contributed by atoms with Crippen molar-refractivity contribution in [1.29, 1.82) is 5.26 Å². The van der Waals surface area contributed by atoms with Gasteiger partial charge in [0, 0.05) is 32.4 Å². The van der Waals surface area contributed by atoms with Crippen LogP contribution in [0.25, 0.3) is 0 Å². The van der Waals surface area contributed by atoms with Crippen LogP contribution in [0, 0.1) is 23.2 Å². The minimum Gasteiger partial charge on any atom is -0.380 e. The number of carbonyl (C=O) groups is 1. The van der Waals surface area contributed by atoms with Gasteiger partial charge in [-0.05, 0) is 44.8 Å². The summed E-state index contributed by atoms with van der Waals surface area (Å²) in [6, 6.07) is 4.09. The number of rotatable bonds is 3. The zero-order valence-electron chi connectivity index (χ0n) is 14.0. The Bertz CT molecular complexity index is 618. The van der Waals surface area contributed by atoms with Gasteiger partial charge >= 0.3 is 0 Å². The molecule has 3 rings (SSSR count). The number of aromatic amines is 1. The highest BCUT2D eigenvalue weighted by atomic mass is 16.5. The predicted molar refractivity (Wildman–Crippen MR) is 85.9 cm³/mol. The van der Waals surface area contributed by atoms with Crippen LogP contribution in [-0.4, -0.2) is 67.1 Å². The summed E-state index contributed by atoms with van der Waals surface area (Å²) in [5.74, 6) is 1.03. The van der Waals surface area contributed by atoms with Crippen LogP contribution in [0.3, 0.4) is 0 Å². The Kier molecular flexibility index (Phi) is 4.42. The molecule has 0 radical (unpaired) electrons. The van der Waals surface area contributed by atoms with E-state index in [1.54, 1.807) is 19.4 Å². The first-order valence-electron chi connectivity index (χ1n) is 8.10. The van der Waals surface area contributed by atoms with E-state index in [2.05, 4.69) is 30.0 Å². The van der Waals surface area contributed by atoms with Crippen LogP contribution in [-0.2, 0) is 4.74 Å². The number of ether oxygens (including phenoxy) is 1. The van der Waals surface area contributed by atoms with E-state index in [4.69, 9.17) is 10.00 Å². The number of carbonyl (C=O) groups excluding carboxylic acids is 1. The van der Waals surface area contributed by atoms with Gasteiger partial charge in [0.2, 0.25) is 0 Å². The smallest absolute Gasteiger partial charge is 0.270 e. The van der Waals surface area contributed by atoms with Gasteiger partial charge in [0.15, 0.2) is 0 Å². The number of hydrogen-bond donors (Lipinski definition) is 1. The highest BCUT2D eigenvalue weighted by Gasteiger charge is 2.44. The van der Waals surface area contributed by atoms with Gasteiger partial charge in [0.1, 0.15) is 11.8 Å². The maximum Gasteiger partial charge on any atom is 0.270 e. The maximum atomic E-state index is 12.6. The fourth-order valence-electron chi connectivity index (χ4n) is 4.11. The molecule has 1 aliphatic heterocycles. The summed E-state index contributed by atoms with van der Waals surface area (Å²) in [4.78, 5) is 19.7. The van der Waals surface area contributed by atoms with Crippen molar-refractivity contribution in [2.75, 3.05) is 34.3 Å². The van der Waals surface area contributed by atoms with Crippen molar-refractivity contribution >= 4 is 5.91 Å². The Morgan fingerprint density at radius 1 is 1.39 bits per heavy atom. The van der Waals surface area contributed by atoms with Gasteiger partial charge in [-0.1, -0.05) is 0 Å². The van der Waals surface area contributed by atoms with Gasteiger partial charge in [-0.2, -0.15) is 5.26 Å². The first kappa shape index (κ1) is 16.0. The normalized spacial score (nSPS) is 30.3. The van der Waals surface area contributed by atoms with Crippen molar-refractivity contribution in [2.24, 2.45) is 11.8 Å². The van der Waals surface area contributed by atoms with Gasteiger partial charge in [-0.3, -0.25) is 4.79 Å². The summed E-state index contributed by atoms with van der Waals surface area (Å²) in [7, 11) is 5.97. The van der Waals surface area contributed by atoms with Crippen LogP contribution in [0.15, 0.2) is 12.3 Å². The molecular weight excluding hydrogens is 292 g/mol. The molecule has 0 bridgehead atoms. The largest absolute Gasteiger partial charge is 0.380 e. The van der Waals surface area contributed by atoms with Gasteiger partial charge in [0.25, 0.3) is 5.91 Å². The lowest BCUT2D eigenvalue weighted by atomic mass is 9.77. The number of aromatic nitrogens is 1. The average molecular weight is 316 g/mol. The molecule has 0 unspecified atom stereocenters. The Morgan fingerprint density at radius 3 is 2.65 bits per heavy atom. The molecule has 1 aromatic rings. The molecule has 0 aromatic carbocycles. The first-order valence-corrected chi connectivity index (χ1v) is 8.10. The van der Waals surface area contributed by atoms with E-state index in [1.807, 2.05) is 4.90 Å². The number of likely N-dealkylation sites (N-methyl/N-ethyl adjacent to an activating group) is 1. The van der Waals surface area contributed by atoms with Crippen molar-refractivity contribution in [3.63, 3.8) is 0 Å². The Hall–Kier alpha value is -1.84. The summed E-state index contributed by atoms with van der Waals surface area (Å²) in [6.45, 7) is 1.58. The van der Waals surface area contributed by atoms with Gasteiger partial charge in [0.05, 0.1) is 11.7 Å². The van der Waals surface area contributed by atoms with E-state index in [0.717, 1.165) is 25.9 Å². The molecule has 0 spiro atoms. The van der Waals surface area contributed by atoms with Crippen LogP contribution in [0.5, 0.6) is 0 Å². The zero-order valence-corrected chi connectivity index (χ0v) is 14.0. The third kappa shape index (κ3) is 2.99. The van der Waals surface area contributed by atoms with E-state index in [-0.39, 0.29) is 12.0 Å². The number of hydrogen-bond acceptors (Lipinski definition) is 4. The fourth-order valence-corrected chi connectivity index (χ4v) is 4.11. The Balaban J connectivity index is 1.70. The molecular formula is C17H24N4O2. The summed E-state index contributed by atoms with van der Waals surface area (Å²) in [6.07, 6.45) is 3.88. The molecule has 2 heterocycles. The summed E-state index contributed by atoms with van der Waals surface area (Å²) < 4.78 is 5.68. The number of fused-ring (bicyclic) bond motifs is 1. The number of nitriles is 1. The summed E-state index contributed by atoms with van der Waals surface area (Å²) in [5, 5.41) is 8.89. The van der Waals surface area contributed by atoms with E-state index in [9.17, 15) is 4.79 Å². The maximum absolute atomic E-state index is 12.6. The molecule has 1 saturated heterocycles. The molecule has 23 heavy (non-hydrogen) atoms. The van der Waals surface area contributed by atoms with Crippen molar-refractivity contribution in [2.45, 2.75) is 25.0 Å². The molecule has 1 aromatic heterocycles. The molecule has 1 amide bonds. The van der Waals surface area contributed by atoms with Gasteiger partial charge in [-0.25, -0.2) is 0 Å². The number of amides is 1. The third-order valence-corrected chi connectivity index (χ3v) is 5.38. The second kappa shape index (κ2) is 6.34. The van der Waals surface area contributed by atoms with E-state index < -0.39 is 0 Å². The van der Waals surface area contributed by atoms with Crippen molar-refractivity contribution in [3.8, 4) is 6.07 Å². The number of nitrogens with zero attached hydrogens (tertiary/aromatic N) is 3. The van der Waals surface area contributed by atoms with Crippen LogP contribution < -0.4 is 0 Å². The Labute approximate surface area is 137 Å². The second-order valence-electron chi connectivity index (χ2n) is 6.92. The van der Waals surface area contributed by atoms with E-state index in [1.165, 1.54) is 0 Å². The number of H-pyrrole nitrogens is 1. The third-order valence-electron chi connectivity index (χ3n) is 5.38. The average Bonchev–Trinajstić information content (AvgIpc) is 3.18. The molecule has 1 saturated carbocycles. The number of methoxy groups -OCH3 is 1. The summed E-state index contributed by atoms with van der Waals surface area (Å²) in [5.41, 5.74) is 1.00. The van der Waals surface area contributed by atoms with E-state index >= 15 is 0 Å². The lowest BCUT2D eigenvalue weighted by Gasteiger charge is -2.40. The molecule has 4 atom stereocenters. The molecule has 124 valence electrons. The molecule has 2 aliphatic rings. The monoisotopic (exact) mass is 316 g/mol. The number of nitrogens with one attached hydrogen (secondary N) is 1. The van der Waals surface area contributed by atoms with E-state index in [0.29, 0.717) is 29.1 Å².